The zero-order valence-electron chi connectivity index (χ0n) is 7.67. The highest BCUT2D eigenvalue weighted by molar-refractivity contribution is 7.79. The van der Waals surface area contributed by atoms with E-state index in [1.54, 1.807) is 0 Å². The first-order valence-electron chi connectivity index (χ1n) is 4.25. The monoisotopic (exact) mass is 181 g/mol. The smallest absolute Gasteiger partial charge is 0.0735 e. The SMILES string of the molecule is C=C1CCC(C(C)C)=C/C1=N/S. The average molecular weight is 181 g/mol. The second kappa shape index (κ2) is 3.94. The summed E-state index contributed by atoms with van der Waals surface area (Å²) in [6, 6.07) is 0. The molecule has 0 atom stereocenters. The highest BCUT2D eigenvalue weighted by Gasteiger charge is 2.13. The Morgan fingerprint density at radius 3 is 2.67 bits per heavy atom. The predicted octanol–water partition coefficient (Wildman–Crippen LogP) is 3.20. The summed E-state index contributed by atoms with van der Waals surface area (Å²) < 4.78 is 3.90. The van der Waals surface area contributed by atoms with Crippen molar-refractivity contribution >= 4 is 18.5 Å². The summed E-state index contributed by atoms with van der Waals surface area (Å²) in [4.78, 5) is 0. The molecule has 1 nitrogen and oxygen atoms in total. The van der Waals surface area contributed by atoms with Crippen LogP contribution in [0.15, 0.2) is 28.2 Å². The molecule has 1 rings (SSSR count). The molecule has 0 spiro atoms. The first kappa shape index (κ1) is 9.59. The van der Waals surface area contributed by atoms with E-state index in [0.29, 0.717) is 5.92 Å². The molecular weight excluding hydrogens is 166 g/mol. The Morgan fingerprint density at radius 2 is 2.17 bits per heavy atom. The van der Waals surface area contributed by atoms with Crippen molar-refractivity contribution in [3.8, 4) is 0 Å². The van der Waals surface area contributed by atoms with Gasteiger partial charge in [-0.1, -0.05) is 26.0 Å². The normalized spacial score (nSPS) is 21.8. The molecule has 66 valence electrons. The van der Waals surface area contributed by atoms with Crippen LogP contribution in [-0.2, 0) is 0 Å². The zero-order valence-corrected chi connectivity index (χ0v) is 8.56. The first-order valence-corrected chi connectivity index (χ1v) is 4.65. The third-order valence-corrected chi connectivity index (χ3v) is 2.46. The van der Waals surface area contributed by atoms with E-state index < -0.39 is 0 Å². The van der Waals surface area contributed by atoms with Gasteiger partial charge in [-0.2, -0.15) is 0 Å². The van der Waals surface area contributed by atoms with Gasteiger partial charge in [-0.15, -0.1) is 0 Å². The Balaban J connectivity index is 2.88. The van der Waals surface area contributed by atoms with E-state index in [9.17, 15) is 0 Å². The lowest BCUT2D eigenvalue weighted by Crippen LogP contribution is -2.09. The molecule has 0 unspecified atom stereocenters. The molecule has 2 heteroatoms. The Hall–Kier alpha value is -0.500. The highest BCUT2D eigenvalue weighted by atomic mass is 32.1. The maximum atomic E-state index is 3.94. The fraction of sp³-hybridized carbons (Fsp3) is 0.500. The molecule has 0 saturated carbocycles. The summed E-state index contributed by atoms with van der Waals surface area (Å²) in [6.45, 7) is 8.34. The predicted molar refractivity (Wildman–Crippen MR) is 57.7 cm³/mol. The molecule has 0 fully saturated rings. The number of hydrogen-bond donors (Lipinski definition) is 1. The molecule has 12 heavy (non-hydrogen) atoms. The van der Waals surface area contributed by atoms with E-state index in [-0.39, 0.29) is 0 Å². The third kappa shape index (κ3) is 2.01. The molecule has 0 saturated heterocycles. The Kier molecular flexibility index (Phi) is 3.15. The lowest BCUT2D eigenvalue weighted by atomic mass is 9.88. The van der Waals surface area contributed by atoms with Crippen LogP contribution >= 0.6 is 12.8 Å². The molecule has 0 aliphatic heterocycles. The number of nitrogens with zero attached hydrogens (tertiary/aromatic N) is 1. The first-order chi connectivity index (χ1) is 5.65. The molecule has 0 radical (unpaired) electrons. The van der Waals surface area contributed by atoms with E-state index >= 15 is 0 Å². The number of rotatable bonds is 1. The second-order valence-electron chi connectivity index (χ2n) is 3.46. The van der Waals surface area contributed by atoms with E-state index in [2.05, 4.69) is 43.7 Å². The van der Waals surface area contributed by atoms with Crippen LogP contribution in [-0.4, -0.2) is 5.71 Å². The van der Waals surface area contributed by atoms with Crippen LogP contribution in [0.3, 0.4) is 0 Å². The molecule has 1 aliphatic carbocycles. The number of allylic oxidation sites excluding steroid dienone is 3. The molecule has 1 aliphatic rings. The van der Waals surface area contributed by atoms with Crippen LogP contribution in [0.25, 0.3) is 0 Å². The lowest BCUT2D eigenvalue weighted by Gasteiger charge is -2.18. The van der Waals surface area contributed by atoms with Crippen molar-refractivity contribution < 1.29 is 0 Å². The molecule has 0 aromatic carbocycles. The van der Waals surface area contributed by atoms with Gasteiger partial charge < -0.3 is 0 Å². The lowest BCUT2D eigenvalue weighted by molar-refractivity contribution is 0.707. The number of hydrogen-bond acceptors (Lipinski definition) is 2. The van der Waals surface area contributed by atoms with Crippen molar-refractivity contribution in [1.29, 1.82) is 0 Å². The molecule has 0 bridgehead atoms. The summed E-state index contributed by atoms with van der Waals surface area (Å²) >= 11 is 3.91. The molecule has 0 N–H and O–H groups in total. The zero-order chi connectivity index (χ0) is 9.14. The van der Waals surface area contributed by atoms with Gasteiger partial charge in [-0.25, -0.2) is 4.40 Å². The minimum atomic E-state index is 0.614. The van der Waals surface area contributed by atoms with E-state index in [1.165, 1.54) is 5.57 Å². The van der Waals surface area contributed by atoms with Gasteiger partial charge in [0.1, 0.15) is 0 Å². The van der Waals surface area contributed by atoms with Crippen molar-refractivity contribution in [3.63, 3.8) is 0 Å². The van der Waals surface area contributed by atoms with Gasteiger partial charge in [-0.3, -0.25) is 0 Å². The Labute approximate surface area is 79.8 Å². The van der Waals surface area contributed by atoms with Crippen molar-refractivity contribution in [1.82, 2.24) is 0 Å². The molecule has 0 aromatic heterocycles. The van der Waals surface area contributed by atoms with Crippen molar-refractivity contribution in [2.75, 3.05) is 0 Å². The van der Waals surface area contributed by atoms with Crippen molar-refractivity contribution in [2.24, 2.45) is 10.3 Å². The Morgan fingerprint density at radius 1 is 1.50 bits per heavy atom. The largest absolute Gasteiger partial charge is 0.220 e. The summed E-state index contributed by atoms with van der Waals surface area (Å²) in [5.41, 5.74) is 3.51. The van der Waals surface area contributed by atoms with E-state index in [1.807, 2.05) is 0 Å². The Bertz CT molecular complexity index is 249. The van der Waals surface area contributed by atoms with Crippen LogP contribution < -0.4 is 0 Å². The van der Waals surface area contributed by atoms with Gasteiger partial charge in [-0.05, 0) is 43.2 Å². The van der Waals surface area contributed by atoms with Gasteiger partial charge in [0.25, 0.3) is 0 Å². The van der Waals surface area contributed by atoms with Crippen LogP contribution in [0.4, 0.5) is 0 Å². The molecule has 0 heterocycles. The van der Waals surface area contributed by atoms with Crippen LogP contribution in [0.1, 0.15) is 26.7 Å². The fourth-order valence-corrected chi connectivity index (χ4v) is 1.53. The van der Waals surface area contributed by atoms with E-state index in [4.69, 9.17) is 0 Å². The molecule has 0 aromatic rings. The summed E-state index contributed by atoms with van der Waals surface area (Å²) in [5, 5.41) is 0. The van der Waals surface area contributed by atoms with Gasteiger partial charge in [0.2, 0.25) is 0 Å². The maximum Gasteiger partial charge on any atom is 0.0735 e. The van der Waals surface area contributed by atoms with Gasteiger partial charge in [0.15, 0.2) is 0 Å². The van der Waals surface area contributed by atoms with Gasteiger partial charge in [0, 0.05) is 0 Å². The highest BCUT2D eigenvalue weighted by Crippen LogP contribution is 2.25. The van der Waals surface area contributed by atoms with Crippen LogP contribution in [0, 0.1) is 5.92 Å². The average Bonchev–Trinajstić information content (AvgIpc) is 2.05. The minimum absolute atomic E-state index is 0.614. The van der Waals surface area contributed by atoms with Crippen LogP contribution in [0.2, 0.25) is 0 Å². The standard InChI is InChI=1S/C10H15NS/c1-7(2)9-5-4-8(3)10(6-9)11-12/h6-7,12H,3-5H2,1-2H3/b11-10-. The second-order valence-corrected chi connectivity index (χ2v) is 3.66. The minimum Gasteiger partial charge on any atom is -0.220 e. The van der Waals surface area contributed by atoms with Crippen molar-refractivity contribution in [3.05, 3.63) is 23.8 Å². The maximum absolute atomic E-state index is 3.94. The third-order valence-electron chi connectivity index (χ3n) is 2.25. The quantitative estimate of drug-likeness (QED) is 0.596. The van der Waals surface area contributed by atoms with Crippen molar-refractivity contribution in [2.45, 2.75) is 26.7 Å². The molecule has 0 amide bonds. The van der Waals surface area contributed by atoms with E-state index in [0.717, 1.165) is 24.1 Å². The summed E-state index contributed by atoms with van der Waals surface area (Å²) in [7, 11) is 0. The summed E-state index contributed by atoms with van der Waals surface area (Å²) in [6.07, 6.45) is 4.27. The topological polar surface area (TPSA) is 12.4 Å². The van der Waals surface area contributed by atoms with Crippen LogP contribution in [0.5, 0.6) is 0 Å². The summed E-state index contributed by atoms with van der Waals surface area (Å²) in [5.74, 6) is 0.614. The number of thiol groups is 1. The van der Waals surface area contributed by atoms with Gasteiger partial charge in [0.05, 0.1) is 5.71 Å². The van der Waals surface area contributed by atoms with Gasteiger partial charge >= 0.3 is 0 Å². The molecular formula is C10H15NS. The fourth-order valence-electron chi connectivity index (χ4n) is 1.33.